The third-order valence-corrected chi connectivity index (χ3v) is 2.28. The Morgan fingerprint density at radius 3 is 3.07 bits per heavy atom. The molecular weight excluding hydrogens is 196 g/mol. The van der Waals surface area contributed by atoms with Crippen LogP contribution in [0.15, 0.2) is 0 Å². The maximum Gasteiger partial charge on any atom is 0.305 e. The highest BCUT2D eigenvalue weighted by Crippen LogP contribution is 1.99. The highest BCUT2D eigenvalue weighted by atomic mass is 16.5. The molecule has 86 valence electrons. The topological polar surface area (TPSA) is 58.6 Å². The Hall–Kier alpha value is -1.10. The van der Waals surface area contributed by atoms with Crippen molar-refractivity contribution in [2.75, 3.05) is 32.8 Å². The van der Waals surface area contributed by atoms with E-state index in [1.165, 1.54) is 0 Å². The molecule has 1 saturated heterocycles. The van der Waals surface area contributed by atoms with E-state index in [9.17, 15) is 9.59 Å². The smallest absolute Gasteiger partial charge is 0.305 e. The zero-order valence-electron chi connectivity index (χ0n) is 9.12. The van der Waals surface area contributed by atoms with Crippen molar-refractivity contribution in [3.8, 4) is 0 Å². The SMILES string of the molecule is CCOC(=O)CCCN1CCNC(=O)C1. The lowest BCUT2D eigenvalue weighted by molar-refractivity contribution is -0.143. The number of esters is 1. The van der Waals surface area contributed by atoms with Crippen LogP contribution in [0.2, 0.25) is 0 Å². The van der Waals surface area contributed by atoms with Gasteiger partial charge in [0.15, 0.2) is 0 Å². The number of carbonyl (C=O) groups is 2. The van der Waals surface area contributed by atoms with Crippen LogP contribution in [-0.4, -0.2) is 49.6 Å². The predicted molar refractivity (Wildman–Crippen MR) is 55.3 cm³/mol. The maximum atomic E-state index is 11.0. The lowest BCUT2D eigenvalue weighted by Crippen LogP contribution is -2.47. The average Bonchev–Trinajstić information content (AvgIpc) is 2.18. The highest BCUT2D eigenvalue weighted by molar-refractivity contribution is 5.78. The minimum atomic E-state index is -0.154. The molecule has 0 aromatic heterocycles. The van der Waals surface area contributed by atoms with Crippen LogP contribution in [0, 0.1) is 0 Å². The van der Waals surface area contributed by atoms with Crippen molar-refractivity contribution in [2.24, 2.45) is 0 Å². The van der Waals surface area contributed by atoms with Crippen molar-refractivity contribution in [3.05, 3.63) is 0 Å². The summed E-state index contributed by atoms with van der Waals surface area (Å²) >= 11 is 0. The van der Waals surface area contributed by atoms with Crippen LogP contribution in [0.1, 0.15) is 19.8 Å². The molecule has 1 fully saturated rings. The average molecular weight is 214 g/mol. The van der Waals surface area contributed by atoms with Crippen molar-refractivity contribution < 1.29 is 14.3 Å². The summed E-state index contributed by atoms with van der Waals surface area (Å²) in [5, 5.41) is 2.76. The Morgan fingerprint density at radius 2 is 2.40 bits per heavy atom. The van der Waals surface area contributed by atoms with Crippen LogP contribution in [-0.2, 0) is 14.3 Å². The maximum absolute atomic E-state index is 11.0. The summed E-state index contributed by atoms with van der Waals surface area (Å²) in [5.74, 6) is -0.0867. The number of hydrogen-bond donors (Lipinski definition) is 1. The van der Waals surface area contributed by atoms with E-state index in [1.807, 2.05) is 0 Å². The van der Waals surface area contributed by atoms with Crippen molar-refractivity contribution in [2.45, 2.75) is 19.8 Å². The fourth-order valence-corrected chi connectivity index (χ4v) is 1.56. The molecule has 15 heavy (non-hydrogen) atoms. The molecule has 5 nitrogen and oxygen atoms in total. The van der Waals surface area contributed by atoms with Gasteiger partial charge >= 0.3 is 5.97 Å². The fourth-order valence-electron chi connectivity index (χ4n) is 1.56. The van der Waals surface area contributed by atoms with Crippen molar-refractivity contribution in [3.63, 3.8) is 0 Å². The van der Waals surface area contributed by atoms with Gasteiger partial charge in [0.1, 0.15) is 0 Å². The molecule has 1 aliphatic rings. The Labute approximate surface area is 89.8 Å². The second kappa shape index (κ2) is 6.40. The Bertz CT molecular complexity index is 231. The molecule has 0 aromatic rings. The molecule has 0 spiro atoms. The molecule has 1 rings (SSSR count). The van der Waals surface area contributed by atoms with E-state index in [1.54, 1.807) is 6.92 Å². The molecule has 0 bridgehead atoms. The van der Waals surface area contributed by atoms with Crippen molar-refractivity contribution >= 4 is 11.9 Å². The van der Waals surface area contributed by atoms with Gasteiger partial charge in [-0.25, -0.2) is 0 Å². The Kier molecular flexibility index (Phi) is 5.10. The number of amides is 1. The van der Waals surface area contributed by atoms with Gasteiger partial charge in [0.2, 0.25) is 5.91 Å². The summed E-state index contributed by atoms with van der Waals surface area (Å²) < 4.78 is 4.82. The van der Waals surface area contributed by atoms with Gasteiger partial charge in [-0.05, 0) is 19.9 Å². The van der Waals surface area contributed by atoms with Gasteiger partial charge in [-0.2, -0.15) is 0 Å². The minimum Gasteiger partial charge on any atom is -0.466 e. The van der Waals surface area contributed by atoms with E-state index in [2.05, 4.69) is 10.2 Å². The molecule has 5 heteroatoms. The number of nitrogens with one attached hydrogen (secondary N) is 1. The van der Waals surface area contributed by atoms with Gasteiger partial charge in [0.25, 0.3) is 0 Å². The summed E-state index contributed by atoms with van der Waals surface area (Å²) in [6, 6.07) is 0. The van der Waals surface area contributed by atoms with Crippen LogP contribution in [0.4, 0.5) is 0 Å². The van der Waals surface area contributed by atoms with Crippen LogP contribution in [0.3, 0.4) is 0 Å². The zero-order chi connectivity index (χ0) is 11.1. The number of carbonyl (C=O) groups excluding carboxylic acids is 2. The number of rotatable bonds is 5. The Balaban J connectivity index is 2.09. The molecule has 0 aromatic carbocycles. The van der Waals surface area contributed by atoms with Gasteiger partial charge in [0.05, 0.1) is 13.2 Å². The normalized spacial score (nSPS) is 17.3. The first kappa shape index (κ1) is 12.0. The van der Waals surface area contributed by atoms with E-state index in [0.717, 1.165) is 19.5 Å². The van der Waals surface area contributed by atoms with E-state index < -0.39 is 0 Å². The molecule has 0 unspecified atom stereocenters. The summed E-state index contributed by atoms with van der Waals surface area (Å²) in [7, 11) is 0. The standard InChI is InChI=1S/C10H18N2O3/c1-2-15-10(14)4-3-6-12-7-5-11-9(13)8-12/h2-8H2,1H3,(H,11,13). The molecule has 1 aliphatic heterocycles. The van der Waals surface area contributed by atoms with Crippen LogP contribution in [0.25, 0.3) is 0 Å². The van der Waals surface area contributed by atoms with E-state index >= 15 is 0 Å². The molecule has 1 N–H and O–H groups in total. The molecule has 1 heterocycles. The van der Waals surface area contributed by atoms with Gasteiger partial charge in [-0.1, -0.05) is 0 Å². The van der Waals surface area contributed by atoms with Gasteiger partial charge in [-0.3, -0.25) is 14.5 Å². The summed E-state index contributed by atoms with van der Waals surface area (Å²) in [4.78, 5) is 24.1. The van der Waals surface area contributed by atoms with Crippen LogP contribution in [0.5, 0.6) is 0 Å². The highest BCUT2D eigenvalue weighted by Gasteiger charge is 2.15. The third kappa shape index (κ3) is 4.78. The Morgan fingerprint density at radius 1 is 1.60 bits per heavy atom. The number of nitrogens with zero attached hydrogens (tertiary/aromatic N) is 1. The molecule has 0 radical (unpaired) electrons. The number of hydrogen-bond acceptors (Lipinski definition) is 4. The summed E-state index contributed by atoms with van der Waals surface area (Å²) in [6.45, 7) is 5.04. The minimum absolute atomic E-state index is 0.0670. The zero-order valence-corrected chi connectivity index (χ0v) is 9.12. The lowest BCUT2D eigenvalue weighted by Gasteiger charge is -2.26. The van der Waals surface area contributed by atoms with Gasteiger partial charge in [0, 0.05) is 19.5 Å². The number of ether oxygens (including phenoxy) is 1. The largest absolute Gasteiger partial charge is 0.466 e. The van der Waals surface area contributed by atoms with Crippen LogP contribution < -0.4 is 5.32 Å². The first-order chi connectivity index (χ1) is 7.22. The van der Waals surface area contributed by atoms with Crippen molar-refractivity contribution in [1.82, 2.24) is 10.2 Å². The van der Waals surface area contributed by atoms with E-state index in [0.29, 0.717) is 26.1 Å². The lowest BCUT2D eigenvalue weighted by atomic mass is 10.2. The van der Waals surface area contributed by atoms with Crippen LogP contribution >= 0.6 is 0 Å². The van der Waals surface area contributed by atoms with Gasteiger partial charge < -0.3 is 10.1 Å². The second-order valence-corrected chi connectivity index (χ2v) is 3.53. The number of piperazine rings is 1. The molecular formula is C10H18N2O3. The molecule has 1 amide bonds. The van der Waals surface area contributed by atoms with E-state index in [4.69, 9.17) is 4.74 Å². The second-order valence-electron chi connectivity index (χ2n) is 3.53. The molecule has 0 aliphatic carbocycles. The fraction of sp³-hybridized carbons (Fsp3) is 0.800. The monoisotopic (exact) mass is 214 g/mol. The molecule has 0 atom stereocenters. The summed E-state index contributed by atoms with van der Waals surface area (Å²) in [6.07, 6.45) is 1.19. The predicted octanol–water partition coefficient (Wildman–Crippen LogP) is -0.238. The first-order valence-corrected chi connectivity index (χ1v) is 5.37. The third-order valence-electron chi connectivity index (χ3n) is 2.28. The van der Waals surface area contributed by atoms with Crippen molar-refractivity contribution in [1.29, 1.82) is 0 Å². The quantitative estimate of drug-likeness (QED) is 0.642. The molecule has 0 saturated carbocycles. The van der Waals surface area contributed by atoms with E-state index in [-0.39, 0.29) is 11.9 Å². The van der Waals surface area contributed by atoms with Gasteiger partial charge in [-0.15, -0.1) is 0 Å². The summed E-state index contributed by atoms with van der Waals surface area (Å²) in [5.41, 5.74) is 0. The first-order valence-electron chi connectivity index (χ1n) is 5.37.